The summed E-state index contributed by atoms with van der Waals surface area (Å²) >= 11 is 0. The quantitative estimate of drug-likeness (QED) is 0.904. The van der Waals surface area contributed by atoms with Gasteiger partial charge in [-0.2, -0.15) is 0 Å². The summed E-state index contributed by atoms with van der Waals surface area (Å²) < 4.78 is 0. The van der Waals surface area contributed by atoms with Crippen molar-refractivity contribution in [1.29, 1.82) is 0 Å². The van der Waals surface area contributed by atoms with Crippen LogP contribution in [0.2, 0.25) is 0 Å². The smallest absolute Gasteiger partial charge is 0.239 e. The molecule has 1 aliphatic carbocycles. The van der Waals surface area contributed by atoms with Crippen LogP contribution in [0.1, 0.15) is 49.8 Å². The molecule has 2 atom stereocenters. The Hall–Kier alpha value is -1.35. The van der Waals surface area contributed by atoms with E-state index in [1.54, 1.807) is 0 Å². The molecule has 0 aromatic heterocycles. The van der Waals surface area contributed by atoms with Crippen molar-refractivity contribution in [3.05, 3.63) is 35.4 Å². The minimum Gasteiger partial charge on any atom is -0.337 e. The van der Waals surface area contributed by atoms with E-state index < -0.39 is 0 Å². The molecule has 0 saturated carbocycles. The van der Waals surface area contributed by atoms with E-state index in [2.05, 4.69) is 31.2 Å². The summed E-state index contributed by atoms with van der Waals surface area (Å²) in [6.07, 6.45) is 5.01. The van der Waals surface area contributed by atoms with Gasteiger partial charge in [-0.3, -0.25) is 4.79 Å². The summed E-state index contributed by atoms with van der Waals surface area (Å²) in [5.74, 6) is 0.0727. The Bertz CT molecular complexity index is 444. The molecule has 0 fully saturated rings. The van der Waals surface area contributed by atoms with Crippen LogP contribution >= 0.6 is 0 Å². The van der Waals surface area contributed by atoms with Gasteiger partial charge in [-0.05, 0) is 36.8 Å². The predicted molar refractivity (Wildman–Crippen MR) is 77.8 cm³/mol. The van der Waals surface area contributed by atoms with Crippen molar-refractivity contribution in [1.82, 2.24) is 4.90 Å². The van der Waals surface area contributed by atoms with Crippen LogP contribution in [0.5, 0.6) is 0 Å². The van der Waals surface area contributed by atoms with Gasteiger partial charge in [0.25, 0.3) is 0 Å². The summed E-state index contributed by atoms with van der Waals surface area (Å²) in [6.45, 7) is 2.06. The number of nitrogens with two attached hydrogens (primary N) is 1. The second-order valence-corrected chi connectivity index (χ2v) is 5.45. The van der Waals surface area contributed by atoms with Gasteiger partial charge in [-0.1, -0.05) is 37.6 Å². The number of benzene rings is 1. The molecule has 0 heterocycles. The normalized spacial score (nSPS) is 19.6. The Morgan fingerprint density at radius 2 is 2.21 bits per heavy atom. The molecular weight excluding hydrogens is 236 g/mol. The van der Waals surface area contributed by atoms with Crippen LogP contribution in [-0.2, 0) is 11.2 Å². The minimum absolute atomic E-state index is 0.0727. The van der Waals surface area contributed by atoms with Crippen LogP contribution in [0.3, 0.4) is 0 Å². The number of carbonyl (C=O) groups excluding carboxylic acids is 1. The maximum Gasteiger partial charge on any atom is 0.239 e. The Morgan fingerprint density at radius 3 is 2.95 bits per heavy atom. The van der Waals surface area contributed by atoms with Gasteiger partial charge >= 0.3 is 0 Å². The number of nitrogens with zero attached hydrogens (tertiary/aromatic N) is 1. The fourth-order valence-corrected chi connectivity index (χ4v) is 2.98. The SMILES string of the molecule is CCC[C@H](N)C(=O)N(C)C1CCCc2ccccc21. The monoisotopic (exact) mass is 260 g/mol. The maximum atomic E-state index is 12.3. The molecule has 1 aromatic carbocycles. The van der Waals surface area contributed by atoms with Gasteiger partial charge in [0.05, 0.1) is 12.1 Å². The van der Waals surface area contributed by atoms with E-state index in [0.717, 1.165) is 32.1 Å². The van der Waals surface area contributed by atoms with Crippen LogP contribution in [0.25, 0.3) is 0 Å². The molecule has 0 aliphatic heterocycles. The van der Waals surface area contributed by atoms with Crippen molar-refractivity contribution in [3.8, 4) is 0 Å². The van der Waals surface area contributed by atoms with E-state index in [-0.39, 0.29) is 18.0 Å². The molecule has 1 aromatic rings. The van der Waals surface area contributed by atoms with Crippen LogP contribution in [-0.4, -0.2) is 23.9 Å². The fraction of sp³-hybridized carbons (Fsp3) is 0.562. The average molecular weight is 260 g/mol. The minimum atomic E-state index is -0.357. The lowest BCUT2D eigenvalue weighted by atomic mass is 9.86. The zero-order chi connectivity index (χ0) is 13.8. The van der Waals surface area contributed by atoms with E-state index in [1.807, 2.05) is 11.9 Å². The number of amides is 1. The van der Waals surface area contributed by atoms with E-state index in [9.17, 15) is 4.79 Å². The van der Waals surface area contributed by atoms with Crippen LogP contribution in [0.15, 0.2) is 24.3 Å². The Morgan fingerprint density at radius 1 is 1.47 bits per heavy atom. The van der Waals surface area contributed by atoms with Crippen molar-refractivity contribution in [3.63, 3.8) is 0 Å². The van der Waals surface area contributed by atoms with Gasteiger partial charge in [0.1, 0.15) is 0 Å². The third-order valence-electron chi connectivity index (χ3n) is 4.07. The maximum absolute atomic E-state index is 12.3. The second kappa shape index (κ2) is 6.20. The molecule has 2 N–H and O–H groups in total. The summed E-state index contributed by atoms with van der Waals surface area (Å²) in [5, 5.41) is 0. The lowest BCUT2D eigenvalue weighted by molar-refractivity contribution is -0.134. The lowest BCUT2D eigenvalue weighted by Gasteiger charge is -2.34. The number of hydrogen-bond acceptors (Lipinski definition) is 2. The van der Waals surface area contributed by atoms with E-state index in [1.165, 1.54) is 11.1 Å². The van der Waals surface area contributed by atoms with Crippen LogP contribution in [0, 0.1) is 0 Å². The first-order valence-electron chi connectivity index (χ1n) is 7.25. The first-order chi connectivity index (χ1) is 9.15. The van der Waals surface area contributed by atoms with E-state index in [0.29, 0.717) is 0 Å². The van der Waals surface area contributed by atoms with Crippen molar-refractivity contribution in [2.75, 3.05) is 7.05 Å². The Kier molecular flexibility index (Phi) is 4.59. The standard InChI is InChI=1S/C16H24N2O/c1-3-7-14(17)16(19)18(2)15-11-6-9-12-8-4-5-10-13(12)15/h4-5,8,10,14-15H,3,6-7,9,11,17H2,1-2H3/t14-,15?/m0/s1. The number of hydrogen-bond donors (Lipinski definition) is 1. The summed E-state index contributed by atoms with van der Waals surface area (Å²) in [6, 6.07) is 8.29. The molecule has 2 rings (SSSR count). The molecule has 3 heteroatoms. The number of rotatable bonds is 4. The Balaban J connectivity index is 2.16. The first kappa shape index (κ1) is 14.1. The largest absolute Gasteiger partial charge is 0.337 e. The number of fused-ring (bicyclic) bond motifs is 1. The molecular formula is C16H24N2O. The zero-order valence-electron chi connectivity index (χ0n) is 11.9. The Labute approximate surface area is 115 Å². The lowest BCUT2D eigenvalue weighted by Crippen LogP contribution is -2.44. The molecule has 3 nitrogen and oxygen atoms in total. The number of carbonyl (C=O) groups is 1. The first-order valence-corrected chi connectivity index (χ1v) is 7.25. The van der Waals surface area contributed by atoms with Crippen LogP contribution < -0.4 is 5.73 Å². The summed E-state index contributed by atoms with van der Waals surface area (Å²) in [7, 11) is 1.89. The molecule has 19 heavy (non-hydrogen) atoms. The van der Waals surface area contributed by atoms with E-state index >= 15 is 0 Å². The van der Waals surface area contributed by atoms with Crippen molar-refractivity contribution >= 4 is 5.91 Å². The van der Waals surface area contributed by atoms with Gasteiger partial charge in [0.2, 0.25) is 5.91 Å². The predicted octanol–water partition coefficient (Wildman–Crippen LogP) is 2.65. The molecule has 1 unspecified atom stereocenters. The second-order valence-electron chi connectivity index (χ2n) is 5.45. The van der Waals surface area contributed by atoms with Gasteiger partial charge in [-0.25, -0.2) is 0 Å². The highest BCUT2D eigenvalue weighted by molar-refractivity contribution is 5.81. The van der Waals surface area contributed by atoms with Gasteiger partial charge < -0.3 is 10.6 Å². The molecule has 0 radical (unpaired) electrons. The van der Waals surface area contributed by atoms with Crippen molar-refractivity contribution < 1.29 is 4.79 Å². The summed E-state index contributed by atoms with van der Waals surface area (Å²) in [4.78, 5) is 14.2. The third-order valence-corrected chi connectivity index (χ3v) is 4.07. The zero-order valence-corrected chi connectivity index (χ0v) is 11.9. The van der Waals surface area contributed by atoms with Gasteiger partial charge in [0.15, 0.2) is 0 Å². The van der Waals surface area contributed by atoms with Gasteiger partial charge in [0, 0.05) is 7.05 Å². The fourth-order valence-electron chi connectivity index (χ4n) is 2.98. The highest BCUT2D eigenvalue weighted by Crippen LogP contribution is 2.33. The van der Waals surface area contributed by atoms with E-state index in [4.69, 9.17) is 5.73 Å². The molecule has 1 amide bonds. The molecule has 104 valence electrons. The van der Waals surface area contributed by atoms with Crippen LogP contribution in [0.4, 0.5) is 0 Å². The molecule has 0 spiro atoms. The molecule has 1 aliphatic rings. The van der Waals surface area contributed by atoms with Gasteiger partial charge in [-0.15, -0.1) is 0 Å². The van der Waals surface area contributed by atoms with Crippen molar-refractivity contribution in [2.45, 2.75) is 51.1 Å². The molecule has 0 saturated heterocycles. The summed E-state index contributed by atoms with van der Waals surface area (Å²) in [5.41, 5.74) is 8.64. The number of aryl methyl sites for hydroxylation is 1. The average Bonchev–Trinajstić information content (AvgIpc) is 2.45. The molecule has 0 bridgehead atoms. The highest BCUT2D eigenvalue weighted by Gasteiger charge is 2.28. The van der Waals surface area contributed by atoms with Crippen molar-refractivity contribution in [2.24, 2.45) is 5.73 Å². The highest BCUT2D eigenvalue weighted by atomic mass is 16.2. The number of likely N-dealkylation sites (N-methyl/N-ethyl adjacent to an activating group) is 1. The third kappa shape index (κ3) is 2.98. The topological polar surface area (TPSA) is 46.3 Å².